The molecule has 1 aliphatic rings. The summed E-state index contributed by atoms with van der Waals surface area (Å²) in [6, 6.07) is -0.149. The van der Waals surface area contributed by atoms with E-state index in [2.05, 4.69) is 26.1 Å². The second-order valence-electron chi connectivity index (χ2n) is 7.51. The number of urea groups is 1. The fourth-order valence-corrected chi connectivity index (χ4v) is 2.74. The van der Waals surface area contributed by atoms with Crippen LogP contribution < -0.4 is 5.32 Å². The van der Waals surface area contributed by atoms with Gasteiger partial charge in [-0.05, 0) is 38.0 Å². The van der Waals surface area contributed by atoms with Crippen molar-refractivity contribution < 1.29 is 14.7 Å². The number of carbonyl (C=O) groups excluding carboxylic acids is 1. The number of likely N-dealkylation sites (tertiary alicyclic amines) is 1. The van der Waals surface area contributed by atoms with E-state index in [-0.39, 0.29) is 17.9 Å². The zero-order valence-electron chi connectivity index (χ0n) is 13.3. The van der Waals surface area contributed by atoms with Crippen LogP contribution in [0.2, 0.25) is 0 Å². The molecule has 0 aromatic heterocycles. The monoisotopic (exact) mass is 284 g/mol. The highest BCUT2D eigenvalue weighted by atomic mass is 16.4. The van der Waals surface area contributed by atoms with Crippen molar-refractivity contribution in [1.82, 2.24) is 10.2 Å². The third-order valence-corrected chi connectivity index (χ3v) is 4.05. The minimum Gasteiger partial charge on any atom is -0.481 e. The molecule has 1 rings (SSSR count). The summed E-state index contributed by atoms with van der Waals surface area (Å²) >= 11 is 0. The number of amides is 2. The fraction of sp³-hybridized carbons (Fsp3) is 0.867. The number of nitrogens with one attached hydrogen (secondary N) is 1. The molecule has 20 heavy (non-hydrogen) atoms. The molecule has 0 unspecified atom stereocenters. The molecule has 1 heterocycles. The van der Waals surface area contributed by atoms with Crippen molar-refractivity contribution in [3.05, 3.63) is 0 Å². The highest BCUT2D eigenvalue weighted by molar-refractivity contribution is 5.76. The van der Waals surface area contributed by atoms with Gasteiger partial charge < -0.3 is 15.3 Å². The summed E-state index contributed by atoms with van der Waals surface area (Å²) in [6.07, 6.45) is 1.95. The van der Waals surface area contributed by atoms with E-state index in [1.165, 1.54) is 0 Å². The molecule has 0 spiro atoms. The second-order valence-corrected chi connectivity index (χ2v) is 7.51. The van der Waals surface area contributed by atoms with Gasteiger partial charge in [0.2, 0.25) is 0 Å². The van der Waals surface area contributed by atoms with Gasteiger partial charge in [0.15, 0.2) is 0 Å². The number of hydrogen-bond donors (Lipinski definition) is 2. The molecule has 1 aliphatic heterocycles. The van der Waals surface area contributed by atoms with Crippen molar-refractivity contribution >= 4 is 12.0 Å². The number of nitrogens with zero attached hydrogens (tertiary/aromatic N) is 1. The molecule has 0 aromatic carbocycles. The molecule has 0 aromatic rings. The van der Waals surface area contributed by atoms with E-state index in [9.17, 15) is 9.59 Å². The minimum atomic E-state index is -0.901. The van der Waals surface area contributed by atoms with Gasteiger partial charge in [-0.1, -0.05) is 20.8 Å². The number of carbonyl (C=O) groups is 2. The van der Waals surface area contributed by atoms with Gasteiger partial charge >= 0.3 is 12.0 Å². The normalized spacial score (nSPS) is 17.9. The molecule has 1 fully saturated rings. The van der Waals surface area contributed by atoms with Crippen molar-refractivity contribution in [2.75, 3.05) is 13.1 Å². The van der Waals surface area contributed by atoms with Crippen LogP contribution in [0.3, 0.4) is 0 Å². The summed E-state index contributed by atoms with van der Waals surface area (Å²) in [4.78, 5) is 24.7. The average molecular weight is 284 g/mol. The van der Waals surface area contributed by atoms with Crippen LogP contribution in [-0.2, 0) is 4.79 Å². The lowest BCUT2D eigenvalue weighted by atomic mass is 9.75. The Morgan fingerprint density at radius 2 is 1.65 bits per heavy atom. The van der Waals surface area contributed by atoms with Gasteiger partial charge in [0, 0.05) is 18.6 Å². The van der Waals surface area contributed by atoms with Gasteiger partial charge in [-0.25, -0.2) is 4.79 Å². The van der Waals surface area contributed by atoms with E-state index in [4.69, 9.17) is 5.11 Å². The van der Waals surface area contributed by atoms with Crippen LogP contribution in [0.15, 0.2) is 0 Å². The highest BCUT2D eigenvalue weighted by Gasteiger charge is 2.32. The Bertz CT molecular complexity index is 364. The minimum absolute atomic E-state index is 0.0722. The molecule has 0 aliphatic carbocycles. The molecule has 2 amide bonds. The highest BCUT2D eigenvalue weighted by Crippen LogP contribution is 2.34. The number of piperidine rings is 1. The number of aliphatic carboxylic acids is 1. The Morgan fingerprint density at radius 3 is 2.05 bits per heavy atom. The Balaban J connectivity index is 2.49. The first-order valence-corrected chi connectivity index (χ1v) is 7.30. The zero-order chi connectivity index (χ0) is 15.6. The molecule has 116 valence electrons. The molecule has 5 heteroatoms. The Hall–Kier alpha value is -1.26. The number of carboxylic acids is 1. The van der Waals surface area contributed by atoms with Gasteiger partial charge in [0.05, 0.1) is 6.42 Å². The lowest BCUT2D eigenvalue weighted by Gasteiger charge is -2.39. The maximum absolute atomic E-state index is 12.2. The van der Waals surface area contributed by atoms with Crippen molar-refractivity contribution in [1.29, 1.82) is 0 Å². The van der Waals surface area contributed by atoms with Crippen molar-refractivity contribution in [2.24, 2.45) is 11.3 Å². The summed E-state index contributed by atoms with van der Waals surface area (Å²) in [5, 5.41) is 11.6. The fourth-order valence-electron chi connectivity index (χ4n) is 2.74. The van der Waals surface area contributed by atoms with Crippen LogP contribution in [0, 0.1) is 11.3 Å². The van der Waals surface area contributed by atoms with E-state index < -0.39 is 11.5 Å². The summed E-state index contributed by atoms with van der Waals surface area (Å²) in [5.74, 6) is -0.264. The van der Waals surface area contributed by atoms with E-state index in [0.29, 0.717) is 5.92 Å². The van der Waals surface area contributed by atoms with Gasteiger partial charge in [-0.2, -0.15) is 0 Å². The van der Waals surface area contributed by atoms with Crippen LogP contribution in [0.4, 0.5) is 4.79 Å². The van der Waals surface area contributed by atoms with Gasteiger partial charge in [-0.15, -0.1) is 0 Å². The Morgan fingerprint density at radius 1 is 1.15 bits per heavy atom. The van der Waals surface area contributed by atoms with Crippen molar-refractivity contribution in [2.45, 2.75) is 59.4 Å². The zero-order valence-corrected chi connectivity index (χ0v) is 13.3. The SMILES string of the molecule is CC(C)(CC(=O)O)NC(=O)N1CCC(C(C)(C)C)CC1. The topological polar surface area (TPSA) is 69.6 Å². The Kier molecular flexibility index (Phi) is 5.05. The Labute approximate surface area is 121 Å². The maximum atomic E-state index is 12.2. The smallest absolute Gasteiger partial charge is 0.317 e. The third kappa shape index (κ3) is 5.02. The number of rotatable bonds is 3. The summed E-state index contributed by atoms with van der Waals surface area (Å²) in [5.41, 5.74) is -0.436. The number of carboxylic acid groups (broad SMARTS) is 1. The standard InChI is InChI=1S/C15H28N2O3/c1-14(2,3)11-6-8-17(9-7-11)13(20)16-15(4,5)10-12(18)19/h11H,6-10H2,1-5H3,(H,16,20)(H,18,19). The van der Waals surface area contributed by atoms with Gasteiger partial charge in [-0.3, -0.25) is 4.79 Å². The van der Waals surface area contributed by atoms with E-state index in [1.54, 1.807) is 18.7 Å². The van der Waals surface area contributed by atoms with E-state index in [0.717, 1.165) is 25.9 Å². The lowest BCUT2D eigenvalue weighted by molar-refractivity contribution is -0.138. The quantitative estimate of drug-likeness (QED) is 0.837. The molecule has 1 saturated heterocycles. The number of hydrogen-bond acceptors (Lipinski definition) is 2. The van der Waals surface area contributed by atoms with Crippen LogP contribution >= 0.6 is 0 Å². The molecular formula is C15H28N2O3. The molecular weight excluding hydrogens is 256 g/mol. The molecule has 5 nitrogen and oxygen atoms in total. The first-order valence-electron chi connectivity index (χ1n) is 7.30. The summed E-state index contributed by atoms with van der Waals surface area (Å²) in [6.45, 7) is 11.7. The van der Waals surface area contributed by atoms with Gasteiger partial charge in [0.25, 0.3) is 0 Å². The molecule has 0 atom stereocenters. The van der Waals surface area contributed by atoms with Crippen LogP contribution in [-0.4, -0.2) is 40.6 Å². The molecule has 0 bridgehead atoms. The van der Waals surface area contributed by atoms with Gasteiger partial charge in [0.1, 0.15) is 0 Å². The predicted molar refractivity (Wildman–Crippen MR) is 78.6 cm³/mol. The predicted octanol–water partition coefficient (Wildman–Crippen LogP) is 2.71. The first kappa shape index (κ1) is 16.8. The lowest BCUT2D eigenvalue weighted by Crippen LogP contribution is -2.53. The summed E-state index contributed by atoms with van der Waals surface area (Å²) < 4.78 is 0. The molecule has 0 saturated carbocycles. The van der Waals surface area contributed by atoms with E-state index >= 15 is 0 Å². The maximum Gasteiger partial charge on any atom is 0.317 e. The largest absolute Gasteiger partial charge is 0.481 e. The van der Waals surface area contributed by atoms with Crippen LogP contribution in [0.1, 0.15) is 53.9 Å². The molecule has 2 N–H and O–H groups in total. The van der Waals surface area contributed by atoms with E-state index in [1.807, 2.05) is 0 Å². The van der Waals surface area contributed by atoms with Crippen molar-refractivity contribution in [3.8, 4) is 0 Å². The third-order valence-electron chi connectivity index (χ3n) is 4.05. The first-order chi connectivity index (χ1) is 9.01. The van der Waals surface area contributed by atoms with Crippen LogP contribution in [0.25, 0.3) is 0 Å². The summed E-state index contributed by atoms with van der Waals surface area (Å²) in [7, 11) is 0. The van der Waals surface area contributed by atoms with Crippen molar-refractivity contribution in [3.63, 3.8) is 0 Å². The van der Waals surface area contributed by atoms with Crippen LogP contribution in [0.5, 0.6) is 0 Å². The molecule has 0 radical (unpaired) electrons. The average Bonchev–Trinajstić information content (AvgIpc) is 2.25. The second kappa shape index (κ2) is 6.02.